The van der Waals surface area contributed by atoms with Gasteiger partial charge in [-0.25, -0.2) is 0 Å². The molecule has 5 nitrogen and oxygen atoms in total. The Labute approximate surface area is 167 Å². The van der Waals surface area contributed by atoms with E-state index >= 15 is 0 Å². The first-order valence-electron chi connectivity index (χ1n) is 9.26. The van der Waals surface area contributed by atoms with Gasteiger partial charge in [0.2, 0.25) is 5.91 Å². The van der Waals surface area contributed by atoms with Crippen LogP contribution in [0.3, 0.4) is 0 Å². The van der Waals surface area contributed by atoms with E-state index in [1.807, 2.05) is 30.3 Å². The Bertz CT molecular complexity index is 843. The highest BCUT2D eigenvalue weighted by molar-refractivity contribution is 5.78. The number of benzene rings is 2. The van der Waals surface area contributed by atoms with Crippen molar-refractivity contribution >= 4 is 11.6 Å². The number of halogens is 3. The molecule has 2 aromatic rings. The van der Waals surface area contributed by atoms with Crippen LogP contribution in [0.1, 0.15) is 17.5 Å². The number of aliphatic hydroxyl groups is 1. The molecule has 1 heterocycles. The molecule has 156 valence electrons. The fourth-order valence-corrected chi connectivity index (χ4v) is 3.38. The smallest absolute Gasteiger partial charge is 0.416 e. The molecule has 2 aromatic carbocycles. The molecule has 1 aliphatic rings. The molecular formula is C21H23F3N2O3. The minimum atomic E-state index is -4.72. The van der Waals surface area contributed by atoms with Crippen LogP contribution in [0.15, 0.2) is 48.5 Å². The number of rotatable bonds is 5. The number of alkyl halides is 3. The van der Waals surface area contributed by atoms with Crippen LogP contribution in [0.2, 0.25) is 0 Å². The number of nitrogens with zero attached hydrogens (tertiary/aromatic N) is 2. The lowest BCUT2D eigenvalue weighted by atomic mass is 10.1. The van der Waals surface area contributed by atoms with Crippen LogP contribution in [0.4, 0.5) is 18.9 Å². The molecule has 1 aliphatic heterocycles. The maximum Gasteiger partial charge on any atom is 0.416 e. The Morgan fingerprint density at radius 2 is 1.86 bits per heavy atom. The summed E-state index contributed by atoms with van der Waals surface area (Å²) in [5, 5.41) is 9.55. The molecule has 1 unspecified atom stereocenters. The first-order valence-corrected chi connectivity index (χ1v) is 9.26. The van der Waals surface area contributed by atoms with Crippen LogP contribution in [0.25, 0.3) is 0 Å². The first kappa shape index (κ1) is 21.0. The number of β-amino-alcohol motifs (C(OH)–C–C–N with tert-alkyl or cyclic N) is 1. The lowest BCUT2D eigenvalue weighted by Crippen LogP contribution is -2.44. The number of amides is 1. The van der Waals surface area contributed by atoms with Crippen molar-refractivity contribution in [1.29, 1.82) is 0 Å². The van der Waals surface area contributed by atoms with Crippen molar-refractivity contribution in [3.63, 3.8) is 0 Å². The maximum atomic E-state index is 12.9. The molecule has 1 N–H and O–H groups in total. The van der Waals surface area contributed by atoms with Crippen LogP contribution >= 0.6 is 0 Å². The highest BCUT2D eigenvalue weighted by Gasteiger charge is 2.40. The Morgan fingerprint density at radius 1 is 1.14 bits per heavy atom. The minimum Gasteiger partial charge on any atom is -0.497 e. The zero-order chi connectivity index (χ0) is 21.0. The molecule has 0 aliphatic carbocycles. The van der Waals surface area contributed by atoms with Crippen LogP contribution in [-0.2, 0) is 17.9 Å². The Hall–Kier alpha value is -2.74. The molecule has 0 fully saturated rings. The molecule has 0 bridgehead atoms. The predicted molar refractivity (Wildman–Crippen MR) is 103 cm³/mol. The van der Waals surface area contributed by atoms with Crippen LogP contribution in [0.5, 0.6) is 5.75 Å². The van der Waals surface area contributed by atoms with Crippen LogP contribution < -0.4 is 9.64 Å². The van der Waals surface area contributed by atoms with Crippen molar-refractivity contribution in [2.75, 3.05) is 25.1 Å². The summed E-state index contributed by atoms with van der Waals surface area (Å²) < 4.78 is 43.9. The Kier molecular flexibility index (Phi) is 6.32. The third-order valence-corrected chi connectivity index (χ3v) is 4.92. The average molecular weight is 408 g/mol. The van der Waals surface area contributed by atoms with E-state index in [1.165, 1.54) is 12.0 Å². The molecule has 0 spiro atoms. The zero-order valence-corrected chi connectivity index (χ0v) is 16.0. The predicted octanol–water partition coefficient (Wildman–Crippen LogP) is 3.36. The second-order valence-corrected chi connectivity index (χ2v) is 6.98. The van der Waals surface area contributed by atoms with E-state index in [4.69, 9.17) is 4.74 Å². The van der Waals surface area contributed by atoms with Gasteiger partial charge in [-0.15, -0.1) is 0 Å². The minimum absolute atomic E-state index is 0.0584. The summed E-state index contributed by atoms with van der Waals surface area (Å²) in [7, 11) is 1.50. The van der Waals surface area contributed by atoms with E-state index in [0.717, 1.165) is 5.56 Å². The molecule has 0 aromatic heterocycles. The number of carbonyl (C=O) groups excluding carboxylic acids is 1. The molecule has 1 atom stereocenters. The third kappa shape index (κ3) is 5.20. The van der Waals surface area contributed by atoms with Crippen molar-refractivity contribution in [3.8, 4) is 5.75 Å². The summed E-state index contributed by atoms with van der Waals surface area (Å²) in [5.74, 6) is 0.390. The standard InChI is InChI=1S/C21H23F3N2O3/c1-29-17-7-8-18-16(11-17)13-26(12-15-5-3-2-4-6-15)20(28)9-10-25(18)14-19(27)21(22,23)24/h2-8,11,19,27H,9-10,12-14H2,1H3. The molecule has 0 radical (unpaired) electrons. The molecule has 3 rings (SSSR count). The van der Waals surface area contributed by atoms with Crippen LogP contribution in [-0.4, -0.2) is 48.4 Å². The highest BCUT2D eigenvalue weighted by Crippen LogP contribution is 2.31. The number of hydrogen-bond acceptors (Lipinski definition) is 4. The normalized spacial score (nSPS) is 16.1. The number of hydrogen-bond donors (Lipinski definition) is 1. The van der Waals surface area contributed by atoms with Gasteiger partial charge in [-0.3, -0.25) is 4.79 Å². The topological polar surface area (TPSA) is 53.0 Å². The van der Waals surface area contributed by atoms with Crippen molar-refractivity contribution in [2.24, 2.45) is 0 Å². The average Bonchev–Trinajstić information content (AvgIpc) is 2.69. The number of ether oxygens (including phenoxy) is 1. The Balaban J connectivity index is 1.91. The van der Waals surface area contributed by atoms with Gasteiger partial charge in [0.15, 0.2) is 6.10 Å². The molecule has 0 saturated carbocycles. The number of anilines is 1. The van der Waals surface area contributed by atoms with Gasteiger partial charge in [0.25, 0.3) is 0 Å². The van der Waals surface area contributed by atoms with Crippen molar-refractivity contribution < 1.29 is 27.8 Å². The van der Waals surface area contributed by atoms with Gasteiger partial charge < -0.3 is 19.6 Å². The second-order valence-electron chi connectivity index (χ2n) is 6.98. The van der Waals surface area contributed by atoms with E-state index in [1.54, 1.807) is 23.1 Å². The summed E-state index contributed by atoms with van der Waals surface area (Å²) >= 11 is 0. The summed E-state index contributed by atoms with van der Waals surface area (Å²) in [6, 6.07) is 14.6. The van der Waals surface area contributed by atoms with Crippen molar-refractivity contribution in [3.05, 3.63) is 59.7 Å². The van der Waals surface area contributed by atoms with Gasteiger partial charge in [-0.2, -0.15) is 13.2 Å². The molecule has 29 heavy (non-hydrogen) atoms. The lowest BCUT2D eigenvalue weighted by molar-refractivity contribution is -0.200. The zero-order valence-electron chi connectivity index (χ0n) is 16.0. The fourth-order valence-electron chi connectivity index (χ4n) is 3.38. The largest absolute Gasteiger partial charge is 0.497 e. The summed E-state index contributed by atoms with van der Waals surface area (Å²) in [4.78, 5) is 15.9. The third-order valence-electron chi connectivity index (χ3n) is 4.92. The van der Waals surface area contributed by atoms with E-state index in [-0.39, 0.29) is 25.4 Å². The van der Waals surface area contributed by atoms with Gasteiger partial charge in [0.05, 0.1) is 13.7 Å². The lowest BCUT2D eigenvalue weighted by Gasteiger charge is -2.35. The van der Waals surface area contributed by atoms with Crippen LogP contribution in [0, 0.1) is 0 Å². The van der Waals surface area contributed by atoms with E-state index < -0.39 is 18.8 Å². The van der Waals surface area contributed by atoms with Gasteiger partial charge in [0.1, 0.15) is 5.75 Å². The molecule has 1 amide bonds. The van der Waals surface area contributed by atoms with E-state index in [2.05, 4.69) is 0 Å². The maximum absolute atomic E-state index is 12.9. The molecule has 8 heteroatoms. The number of fused-ring (bicyclic) bond motifs is 1. The second kappa shape index (κ2) is 8.73. The molecular weight excluding hydrogens is 385 g/mol. The monoisotopic (exact) mass is 408 g/mol. The van der Waals surface area contributed by atoms with Crippen molar-refractivity contribution in [1.82, 2.24) is 4.90 Å². The number of methoxy groups -OCH3 is 1. The fraction of sp³-hybridized carbons (Fsp3) is 0.381. The van der Waals surface area contributed by atoms with Gasteiger partial charge in [-0.05, 0) is 29.3 Å². The van der Waals surface area contributed by atoms with Gasteiger partial charge in [0, 0.05) is 31.7 Å². The Morgan fingerprint density at radius 3 is 2.52 bits per heavy atom. The first-order chi connectivity index (χ1) is 13.8. The highest BCUT2D eigenvalue weighted by atomic mass is 19.4. The SMILES string of the molecule is COc1ccc2c(c1)CN(Cc1ccccc1)C(=O)CCN2CC(O)C(F)(F)F. The van der Waals surface area contributed by atoms with E-state index in [9.17, 15) is 23.1 Å². The van der Waals surface area contributed by atoms with Crippen molar-refractivity contribution in [2.45, 2.75) is 31.8 Å². The molecule has 0 saturated heterocycles. The van der Waals surface area contributed by atoms with Gasteiger partial charge in [-0.1, -0.05) is 30.3 Å². The van der Waals surface area contributed by atoms with Gasteiger partial charge >= 0.3 is 6.18 Å². The number of aliphatic hydroxyl groups excluding tert-OH is 1. The quantitative estimate of drug-likeness (QED) is 0.825. The summed E-state index contributed by atoms with van der Waals surface area (Å²) in [6.07, 6.45) is -7.16. The summed E-state index contributed by atoms with van der Waals surface area (Å²) in [6.45, 7) is 0.0890. The summed E-state index contributed by atoms with van der Waals surface area (Å²) in [5.41, 5.74) is 2.19. The number of carbonyl (C=O) groups is 1. The van der Waals surface area contributed by atoms with E-state index in [0.29, 0.717) is 23.5 Å².